The molecule has 1 N–H and O–H groups in total. The molecule has 1 amide bonds. The Bertz CT molecular complexity index is 403. The molecule has 2 heterocycles. The van der Waals surface area contributed by atoms with E-state index in [0.29, 0.717) is 17.5 Å². The molecule has 0 aliphatic carbocycles. The fourth-order valence-corrected chi connectivity index (χ4v) is 2.86. The predicted octanol–water partition coefficient (Wildman–Crippen LogP) is 2.48. The second-order valence-corrected chi connectivity index (χ2v) is 5.68. The molecule has 100 valence electrons. The third kappa shape index (κ3) is 2.92. The summed E-state index contributed by atoms with van der Waals surface area (Å²) in [5, 5.41) is 7.10. The third-order valence-electron chi connectivity index (χ3n) is 3.53. The third-order valence-corrected chi connectivity index (χ3v) is 3.53. The smallest absolute Gasteiger partial charge is 0.274 e. The number of H-pyrrole nitrogens is 1. The Hall–Kier alpha value is -1.32. The topological polar surface area (TPSA) is 49.0 Å². The highest BCUT2D eigenvalue weighted by molar-refractivity contribution is 5.92. The van der Waals surface area contributed by atoms with Gasteiger partial charge >= 0.3 is 0 Å². The molecule has 0 radical (unpaired) electrons. The van der Waals surface area contributed by atoms with Crippen LogP contribution in [0.3, 0.4) is 0 Å². The first kappa shape index (κ1) is 13.1. The zero-order valence-corrected chi connectivity index (χ0v) is 11.6. The summed E-state index contributed by atoms with van der Waals surface area (Å²) in [6.07, 6.45) is 3.23. The van der Waals surface area contributed by atoms with Gasteiger partial charge in [-0.2, -0.15) is 5.10 Å². The van der Waals surface area contributed by atoms with Crippen molar-refractivity contribution >= 4 is 5.91 Å². The van der Waals surface area contributed by atoms with Crippen LogP contribution in [0, 0.1) is 11.8 Å². The minimum absolute atomic E-state index is 0.0759. The summed E-state index contributed by atoms with van der Waals surface area (Å²) < 4.78 is 0. The first-order valence-electron chi connectivity index (χ1n) is 6.93. The number of hydrogen-bond donors (Lipinski definition) is 1. The lowest BCUT2D eigenvalue weighted by Crippen LogP contribution is -2.42. The molecule has 1 aromatic heterocycles. The Morgan fingerprint density at radius 3 is 2.72 bits per heavy atom. The number of hydrogen-bond acceptors (Lipinski definition) is 2. The monoisotopic (exact) mass is 249 g/mol. The van der Waals surface area contributed by atoms with E-state index in [1.54, 1.807) is 0 Å². The maximum absolute atomic E-state index is 12.4. The van der Waals surface area contributed by atoms with E-state index < -0.39 is 0 Å². The maximum Gasteiger partial charge on any atom is 0.274 e. The SMILES string of the molecule is CCCc1cc(C(=O)N2CC(C)CC(C)C2)n[nH]1. The zero-order valence-electron chi connectivity index (χ0n) is 11.6. The molecule has 2 rings (SSSR count). The van der Waals surface area contributed by atoms with Gasteiger partial charge in [-0.15, -0.1) is 0 Å². The van der Waals surface area contributed by atoms with Crippen molar-refractivity contribution in [2.75, 3.05) is 13.1 Å². The molecule has 0 saturated carbocycles. The molecule has 1 aliphatic rings. The van der Waals surface area contributed by atoms with E-state index in [2.05, 4.69) is 31.0 Å². The van der Waals surface area contributed by atoms with Gasteiger partial charge in [0.1, 0.15) is 5.69 Å². The van der Waals surface area contributed by atoms with Gasteiger partial charge in [0.2, 0.25) is 0 Å². The molecule has 0 spiro atoms. The summed E-state index contributed by atoms with van der Waals surface area (Å²) in [6, 6.07) is 1.90. The van der Waals surface area contributed by atoms with Crippen molar-refractivity contribution in [2.45, 2.75) is 40.0 Å². The highest BCUT2D eigenvalue weighted by Gasteiger charge is 2.27. The lowest BCUT2D eigenvalue weighted by Gasteiger charge is -2.34. The molecular formula is C14H23N3O. The normalized spacial score (nSPS) is 24.3. The molecule has 1 aromatic rings. The van der Waals surface area contributed by atoms with Crippen molar-refractivity contribution in [3.05, 3.63) is 17.5 Å². The summed E-state index contributed by atoms with van der Waals surface area (Å²) in [5.41, 5.74) is 1.62. The van der Waals surface area contributed by atoms with E-state index in [9.17, 15) is 4.79 Å². The average molecular weight is 249 g/mol. The van der Waals surface area contributed by atoms with Crippen molar-refractivity contribution in [1.82, 2.24) is 15.1 Å². The van der Waals surface area contributed by atoms with Gasteiger partial charge < -0.3 is 4.90 Å². The number of aryl methyl sites for hydroxylation is 1. The molecule has 2 atom stereocenters. The Kier molecular flexibility index (Phi) is 4.04. The van der Waals surface area contributed by atoms with Crippen molar-refractivity contribution in [3.8, 4) is 0 Å². The lowest BCUT2D eigenvalue weighted by atomic mass is 9.92. The Labute approximate surface area is 109 Å². The Morgan fingerprint density at radius 2 is 2.11 bits per heavy atom. The fourth-order valence-electron chi connectivity index (χ4n) is 2.86. The van der Waals surface area contributed by atoms with Crippen LogP contribution in [-0.4, -0.2) is 34.1 Å². The lowest BCUT2D eigenvalue weighted by molar-refractivity contribution is 0.0617. The van der Waals surface area contributed by atoms with Gasteiger partial charge in [0.05, 0.1) is 0 Å². The van der Waals surface area contributed by atoms with E-state index >= 15 is 0 Å². The molecule has 4 nitrogen and oxygen atoms in total. The number of carbonyl (C=O) groups excluding carboxylic acids is 1. The highest BCUT2D eigenvalue weighted by Crippen LogP contribution is 2.22. The molecule has 4 heteroatoms. The molecule has 18 heavy (non-hydrogen) atoms. The molecule has 1 fully saturated rings. The number of aromatic amines is 1. The summed E-state index contributed by atoms with van der Waals surface area (Å²) >= 11 is 0. The molecule has 1 aliphatic heterocycles. The quantitative estimate of drug-likeness (QED) is 0.894. The Morgan fingerprint density at radius 1 is 1.44 bits per heavy atom. The van der Waals surface area contributed by atoms with Crippen molar-refractivity contribution in [1.29, 1.82) is 0 Å². The summed E-state index contributed by atoms with van der Waals surface area (Å²) in [6.45, 7) is 8.26. The van der Waals surface area contributed by atoms with Crippen LogP contribution in [0.4, 0.5) is 0 Å². The van der Waals surface area contributed by atoms with Gasteiger partial charge in [-0.05, 0) is 30.7 Å². The van der Waals surface area contributed by atoms with E-state index in [4.69, 9.17) is 0 Å². The number of carbonyl (C=O) groups is 1. The maximum atomic E-state index is 12.4. The van der Waals surface area contributed by atoms with E-state index in [1.807, 2.05) is 11.0 Å². The highest BCUT2D eigenvalue weighted by atomic mass is 16.2. The number of aromatic nitrogens is 2. The fraction of sp³-hybridized carbons (Fsp3) is 0.714. The van der Waals surface area contributed by atoms with Gasteiger partial charge in [-0.1, -0.05) is 27.2 Å². The first-order valence-corrected chi connectivity index (χ1v) is 6.93. The number of nitrogens with zero attached hydrogens (tertiary/aromatic N) is 2. The van der Waals surface area contributed by atoms with Crippen LogP contribution in [0.2, 0.25) is 0 Å². The summed E-state index contributed by atoms with van der Waals surface area (Å²) in [7, 11) is 0. The first-order chi connectivity index (χ1) is 8.60. The van der Waals surface area contributed by atoms with E-state index in [-0.39, 0.29) is 5.91 Å². The zero-order chi connectivity index (χ0) is 13.1. The minimum Gasteiger partial charge on any atom is -0.337 e. The van der Waals surface area contributed by atoms with Crippen LogP contribution in [0.15, 0.2) is 6.07 Å². The van der Waals surface area contributed by atoms with Crippen LogP contribution in [0.1, 0.15) is 49.8 Å². The average Bonchev–Trinajstić information content (AvgIpc) is 2.76. The van der Waals surface area contributed by atoms with Crippen molar-refractivity contribution < 1.29 is 4.79 Å². The molecule has 0 bridgehead atoms. The minimum atomic E-state index is 0.0759. The number of likely N-dealkylation sites (tertiary alicyclic amines) is 1. The Balaban J connectivity index is 2.05. The van der Waals surface area contributed by atoms with Crippen LogP contribution in [-0.2, 0) is 6.42 Å². The number of piperidine rings is 1. The molecule has 0 aromatic carbocycles. The van der Waals surface area contributed by atoms with E-state index in [1.165, 1.54) is 6.42 Å². The number of amides is 1. The van der Waals surface area contributed by atoms with Gasteiger partial charge in [0.15, 0.2) is 0 Å². The standard InChI is InChI=1S/C14H23N3O/c1-4-5-12-7-13(16-15-12)14(18)17-8-10(2)6-11(3)9-17/h7,10-11H,4-6,8-9H2,1-3H3,(H,15,16). The summed E-state index contributed by atoms with van der Waals surface area (Å²) in [5.74, 6) is 1.26. The number of rotatable bonds is 3. The number of nitrogens with one attached hydrogen (secondary N) is 1. The molecular weight excluding hydrogens is 226 g/mol. The van der Waals surface area contributed by atoms with Gasteiger partial charge in [-0.25, -0.2) is 0 Å². The van der Waals surface area contributed by atoms with Gasteiger partial charge in [0.25, 0.3) is 5.91 Å². The van der Waals surface area contributed by atoms with Crippen LogP contribution < -0.4 is 0 Å². The van der Waals surface area contributed by atoms with Gasteiger partial charge in [-0.3, -0.25) is 9.89 Å². The van der Waals surface area contributed by atoms with E-state index in [0.717, 1.165) is 31.6 Å². The second-order valence-electron chi connectivity index (χ2n) is 5.68. The molecule has 2 unspecified atom stereocenters. The summed E-state index contributed by atoms with van der Waals surface area (Å²) in [4.78, 5) is 14.3. The van der Waals surface area contributed by atoms with Crippen LogP contribution in [0.5, 0.6) is 0 Å². The largest absolute Gasteiger partial charge is 0.337 e. The van der Waals surface area contributed by atoms with Crippen LogP contribution in [0.25, 0.3) is 0 Å². The van der Waals surface area contributed by atoms with Crippen LogP contribution >= 0.6 is 0 Å². The van der Waals surface area contributed by atoms with Crippen molar-refractivity contribution in [2.24, 2.45) is 11.8 Å². The van der Waals surface area contributed by atoms with Crippen molar-refractivity contribution in [3.63, 3.8) is 0 Å². The second kappa shape index (κ2) is 5.55. The van der Waals surface area contributed by atoms with Gasteiger partial charge in [0, 0.05) is 18.8 Å². The predicted molar refractivity (Wildman–Crippen MR) is 71.4 cm³/mol. The molecule has 1 saturated heterocycles.